The van der Waals surface area contributed by atoms with E-state index in [4.69, 9.17) is 4.74 Å². The maximum Gasteiger partial charge on any atom is 0.410 e. The monoisotopic (exact) mass is 525 g/mol. The molecule has 4 unspecified atom stereocenters. The minimum absolute atomic E-state index is 0.0844. The Morgan fingerprint density at radius 2 is 1.84 bits per heavy atom. The molecular weight excluding hydrogens is 486 g/mol. The van der Waals surface area contributed by atoms with E-state index in [-0.39, 0.29) is 24.3 Å². The summed E-state index contributed by atoms with van der Waals surface area (Å²) in [5.41, 5.74) is 1.69. The Morgan fingerprint density at radius 3 is 2.58 bits per heavy atom. The lowest BCUT2D eigenvalue weighted by atomic mass is 9.87. The summed E-state index contributed by atoms with van der Waals surface area (Å²) in [6, 6.07) is 5.69. The molecule has 10 heteroatoms. The topological polar surface area (TPSA) is 111 Å². The van der Waals surface area contributed by atoms with Crippen molar-refractivity contribution >= 4 is 23.8 Å². The summed E-state index contributed by atoms with van der Waals surface area (Å²) in [7, 11) is 1.49. The molecular formula is C28H39N5O5. The van der Waals surface area contributed by atoms with E-state index in [0.717, 1.165) is 24.8 Å². The molecule has 10 nitrogen and oxygen atoms in total. The van der Waals surface area contributed by atoms with Gasteiger partial charge in [-0.25, -0.2) is 9.80 Å². The molecule has 4 atom stereocenters. The summed E-state index contributed by atoms with van der Waals surface area (Å²) < 4.78 is 5.35. The lowest BCUT2D eigenvalue weighted by molar-refractivity contribution is -0.152. The first kappa shape index (κ1) is 27.5. The number of nitrogens with one attached hydrogen (secondary N) is 2. The Morgan fingerprint density at radius 1 is 1.11 bits per heavy atom. The quantitative estimate of drug-likeness (QED) is 0.612. The van der Waals surface area contributed by atoms with Crippen LogP contribution in [0.4, 0.5) is 4.79 Å². The fourth-order valence-corrected chi connectivity index (χ4v) is 5.16. The molecule has 1 aromatic rings. The van der Waals surface area contributed by atoms with Crippen molar-refractivity contribution in [2.45, 2.75) is 89.6 Å². The second kappa shape index (κ2) is 11.0. The van der Waals surface area contributed by atoms with E-state index in [9.17, 15) is 19.2 Å². The van der Waals surface area contributed by atoms with Gasteiger partial charge in [-0.3, -0.25) is 24.3 Å². The number of aryl methyl sites for hydroxylation is 1. The van der Waals surface area contributed by atoms with E-state index in [0.29, 0.717) is 13.0 Å². The van der Waals surface area contributed by atoms with E-state index in [1.165, 1.54) is 22.5 Å². The lowest BCUT2D eigenvalue weighted by Crippen LogP contribution is -2.57. The number of ether oxygens (including phenoxy) is 1. The number of hydrazine groups is 1. The Kier molecular flexibility index (Phi) is 7.99. The van der Waals surface area contributed by atoms with Crippen LogP contribution >= 0.6 is 0 Å². The summed E-state index contributed by atoms with van der Waals surface area (Å²) in [6.07, 6.45) is 6.62. The SMILES string of the molecule is CC(C(=O)NC1CC=CN2CCC(C(=O)NC3CCCc4ccccc43)N2C1=O)N(C)C(=O)OC(C)(C)C. The number of carbonyl (C=O) groups excluding carboxylic acids is 4. The predicted molar refractivity (Wildman–Crippen MR) is 141 cm³/mol. The number of rotatable bonds is 5. The van der Waals surface area contributed by atoms with Crippen LogP contribution in [0.25, 0.3) is 0 Å². The van der Waals surface area contributed by atoms with Gasteiger partial charge < -0.3 is 15.4 Å². The van der Waals surface area contributed by atoms with Crippen molar-refractivity contribution in [3.63, 3.8) is 0 Å². The fraction of sp³-hybridized carbons (Fsp3) is 0.571. The van der Waals surface area contributed by atoms with Gasteiger partial charge in [0.2, 0.25) is 11.8 Å². The third-order valence-corrected chi connectivity index (χ3v) is 7.32. The van der Waals surface area contributed by atoms with Crippen molar-refractivity contribution in [3.8, 4) is 0 Å². The largest absolute Gasteiger partial charge is 0.444 e. The average molecular weight is 526 g/mol. The average Bonchev–Trinajstić information content (AvgIpc) is 3.23. The molecule has 0 radical (unpaired) electrons. The van der Waals surface area contributed by atoms with Gasteiger partial charge in [-0.2, -0.15) is 0 Å². The Bertz CT molecular complexity index is 1110. The van der Waals surface area contributed by atoms with Gasteiger partial charge in [0.1, 0.15) is 23.7 Å². The summed E-state index contributed by atoms with van der Waals surface area (Å²) in [5.74, 6) is -1.02. The highest BCUT2D eigenvalue weighted by Gasteiger charge is 2.43. The molecule has 1 aromatic carbocycles. The summed E-state index contributed by atoms with van der Waals surface area (Å²) in [6.45, 7) is 7.36. The highest BCUT2D eigenvalue weighted by Crippen LogP contribution is 2.31. The zero-order chi connectivity index (χ0) is 27.6. The molecule has 1 fully saturated rings. The van der Waals surface area contributed by atoms with Crippen LogP contribution in [0.2, 0.25) is 0 Å². The second-order valence-electron chi connectivity index (χ2n) is 11.3. The molecule has 1 aliphatic carbocycles. The van der Waals surface area contributed by atoms with E-state index in [1.807, 2.05) is 18.2 Å². The molecule has 0 spiro atoms. The van der Waals surface area contributed by atoms with Crippen LogP contribution in [0.5, 0.6) is 0 Å². The van der Waals surface area contributed by atoms with Crippen LogP contribution in [-0.4, -0.2) is 76.1 Å². The van der Waals surface area contributed by atoms with Crippen molar-refractivity contribution in [2.75, 3.05) is 13.6 Å². The third kappa shape index (κ3) is 5.95. The van der Waals surface area contributed by atoms with Gasteiger partial charge in [-0.1, -0.05) is 30.3 Å². The number of hydrogen-bond donors (Lipinski definition) is 2. The van der Waals surface area contributed by atoms with Gasteiger partial charge in [-0.05, 0) is 70.9 Å². The highest BCUT2D eigenvalue weighted by molar-refractivity contribution is 5.94. The van der Waals surface area contributed by atoms with Crippen LogP contribution in [0, 0.1) is 0 Å². The molecule has 0 saturated carbocycles. The Hall–Kier alpha value is -3.56. The van der Waals surface area contributed by atoms with E-state index < -0.39 is 35.7 Å². The second-order valence-corrected chi connectivity index (χ2v) is 11.3. The molecule has 2 aliphatic heterocycles. The zero-order valence-corrected chi connectivity index (χ0v) is 22.9. The van der Waals surface area contributed by atoms with E-state index >= 15 is 0 Å². The van der Waals surface area contributed by atoms with E-state index in [2.05, 4.69) is 22.8 Å². The van der Waals surface area contributed by atoms with Crippen molar-refractivity contribution in [1.82, 2.24) is 25.6 Å². The van der Waals surface area contributed by atoms with Crippen LogP contribution in [-0.2, 0) is 25.5 Å². The first-order valence-corrected chi connectivity index (χ1v) is 13.4. The van der Waals surface area contributed by atoms with Gasteiger partial charge in [-0.15, -0.1) is 0 Å². The van der Waals surface area contributed by atoms with Crippen LogP contribution in [0.15, 0.2) is 36.5 Å². The molecule has 2 N–H and O–H groups in total. The molecule has 4 rings (SSSR count). The molecule has 206 valence electrons. The fourth-order valence-electron chi connectivity index (χ4n) is 5.16. The zero-order valence-electron chi connectivity index (χ0n) is 22.9. The molecule has 2 heterocycles. The van der Waals surface area contributed by atoms with Crippen molar-refractivity contribution in [1.29, 1.82) is 0 Å². The summed E-state index contributed by atoms with van der Waals surface area (Å²) >= 11 is 0. The molecule has 1 saturated heterocycles. The maximum atomic E-state index is 13.6. The minimum atomic E-state index is -0.859. The summed E-state index contributed by atoms with van der Waals surface area (Å²) in [4.78, 5) is 53.7. The number of hydrogen-bond acceptors (Lipinski definition) is 6. The minimum Gasteiger partial charge on any atom is -0.444 e. The van der Waals surface area contributed by atoms with Gasteiger partial charge in [0.15, 0.2) is 0 Å². The molecule has 38 heavy (non-hydrogen) atoms. The van der Waals surface area contributed by atoms with Gasteiger partial charge in [0.05, 0.1) is 6.04 Å². The van der Waals surface area contributed by atoms with E-state index in [1.54, 1.807) is 38.9 Å². The molecule has 0 aromatic heterocycles. The molecule has 0 bridgehead atoms. The number of benzene rings is 1. The normalized spacial score (nSPS) is 23.6. The Balaban J connectivity index is 1.42. The number of likely N-dealkylation sites (N-methyl/N-ethyl adjacent to an activating group) is 1. The number of fused-ring (bicyclic) bond motifs is 2. The van der Waals surface area contributed by atoms with Crippen LogP contribution < -0.4 is 10.6 Å². The first-order valence-electron chi connectivity index (χ1n) is 13.4. The van der Waals surface area contributed by atoms with Crippen LogP contribution in [0.1, 0.15) is 70.5 Å². The van der Waals surface area contributed by atoms with Gasteiger partial charge in [0, 0.05) is 19.8 Å². The van der Waals surface area contributed by atoms with Crippen LogP contribution in [0.3, 0.4) is 0 Å². The summed E-state index contributed by atoms with van der Waals surface area (Å²) in [5, 5.41) is 9.19. The number of carbonyl (C=O) groups is 4. The number of amides is 4. The number of nitrogens with zero attached hydrogens (tertiary/aromatic N) is 3. The maximum absolute atomic E-state index is 13.6. The van der Waals surface area contributed by atoms with Crippen molar-refractivity contribution in [2.24, 2.45) is 0 Å². The first-order chi connectivity index (χ1) is 18.0. The lowest BCUT2D eigenvalue weighted by Gasteiger charge is -2.34. The van der Waals surface area contributed by atoms with Gasteiger partial charge >= 0.3 is 6.09 Å². The smallest absolute Gasteiger partial charge is 0.410 e. The van der Waals surface area contributed by atoms with Crippen molar-refractivity contribution < 1.29 is 23.9 Å². The van der Waals surface area contributed by atoms with Crippen molar-refractivity contribution in [3.05, 3.63) is 47.7 Å². The third-order valence-electron chi connectivity index (χ3n) is 7.32. The Labute approximate surface area is 224 Å². The highest BCUT2D eigenvalue weighted by atomic mass is 16.6. The molecule has 4 amide bonds. The van der Waals surface area contributed by atoms with Gasteiger partial charge in [0.25, 0.3) is 5.91 Å². The molecule has 3 aliphatic rings. The predicted octanol–water partition coefficient (Wildman–Crippen LogP) is 2.66. The standard InChI is InChI=1S/C28H39N5O5/c1-18(31(5)27(37)38-28(2,3)4)24(34)30-22-14-9-16-32-17-15-23(33(32)26(22)36)25(35)29-21-13-8-11-19-10-6-7-12-20(19)21/h6-7,9-10,12,16,18,21-23H,8,11,13-15,17H2,1-5H3,(H,29,35)(H,30,34).